The van der Waals surface area contributed by atoms with E-state index in [0.29, 0.717) is 5.92 Å². The first-order valence-corrected chi connectivity index (χ1v) is 5.51. The van der Waals surface area contributed by atoms with Crippen LogP contribution in [0.2, 0.25) is 0 Å². The van der Waals surface area contributed by atoms with Gasteiger partial charge in [-0.15, -0.1) is 0 Å². The summed E-state index contributed by atoms with van der Waals surface area (Å²) in [5.74, 6) is 0.601. The highest BCUT2D eigenvalue weighted by Crippen LogP contribution is 2.30. The number of nitrogens with zero attached hydrogens (tertiary/aromatic N) is 2. The van der Waals surface area contributed by atoms with Crippen LogP contribution in [-0.4, -0.2) is 29.5 Å². The molecule has 1 aromatic heterocycles. The SMILES string of the molecule is CNC(c1ccn(C)n1)C1OCCC1C. The van der Waals surface area contributed by atoms with E-state index in [0.717, 1.165) is 18.7 Å². The fourth-order valence-electron chi connectivity index (χ4n) is 2.22. The van der Waals surface area contributed by atoms with Crippen molar-refractivity contribution < 1.29 is 4.74 Å². The van der Waals surface area contributed by atoms with Crippen LogP contribution in [0.3, 0.4) is 0 Å². The molecule has 1 saturated heterocycles. The van der Waals surface area contributed by atoms with Crippen LogP contribution in [0, 0.1) is 5.92 Å². The molecule has 84 valence electrons. The molecule has 2 rings (SSSR count). The van der Waals surface area contributed by atoms with Gasteiger partial charge in [-0.1, -0.05) is 6.92 Å². The highest BCUT2D eigenvalue weighted by atomic mass is 16.5. The van der Waals surface area contributed by atoms with Crippen molar-refractivity contribution >= 4 is 0 Å². The number of aromatic nitrogens is 2. The summed E-state index contributed by atoms with van der Waals surface area (Å²) in [6, 6.07) is 2.26. The molecule has 3 unspecified atom stereocenters. The first-order valence-electron chi connectivity index (χ1n) is 5.51. The maximum Gasteiger partial charge on any atom is 0.0820 e. The van der Waals surface area contributed by atoms with Gasteiger partial charge in [0.15, 0.2) is 0 Å². The third-order valence-corrected chi connectivity index (χ3v) is 3.14. The van der Waals surface area contributed by atoms with Crippen LogP contribution in [0.1, 0.15) is 25.1 Å². The Balaban J connectivity index is 2.16. The van der Waals surface area contributed by atoms with Gasteiger partial charge in [-0.25, -0.2) is 0 Å². The first kappa shape index (κ1) is 10.6. The van der Waals surface area contributed by atoms with Crippen LogP contribution < -0.4 is 5.32 Å². The summed E-state index contributed by atoms with van der Waals surface area (Å²) >= 11 is 0. The van der Waals surface area contributed by atoms with Gasteiger partial charge in [-0.3, -0.25) is 4.68 Å². The minimum atomic E-state index is 0.212. The number of likely N-dealkylation sites (N-methyl/N-ethyl adjacent to an activating group) is 1. The molecule has 4 heteroatoms. The fourth-order valence-corrected chi connectivity index (χ4v) is 2.22. The van der Waals surface area contributed by atoms with Crippen molar-refractivity contribution in [2.75, 3.05) is 13.7 Å². The minimum Gasteiger partial charge on any atom is -0.376 e. The summed E-state index contributed by atoms with van der Waals surface area (Å²) in [4.78, 5) is 0. The van der Waals surface area contributed by atoms with Crippen molar-refractivity contribution in [3.8, 4) is 0 Å². The number of ether oxygens (including phenoxy) is 1. The quantitative estimate of drug-likeness (QED) is 0.810. The zero-order valence-corrected chi connectivity index (χ0v) is 9.60. The molecular weight excluding hydrogens is 190 g/mol. The highest BCUT2D eigenvalue weighted by molar-refractivity contribution is 5.08. The summed E-state index contributed by atoms with van der Waals surface area (Å²) in [6.07, 6.45) is 3.37. The van der Waals surface area contributed by atoms with Crippen LogP contribution in [-0.2, 0) is 11.8 Å². The lowest BCUT2D eigenvalue weighted by molar-refractivity contribution is 0.0617. The molecule has 1 aliphatic rings. The number of aryl methyl sites for hydroxylation is 1. The Morgan fingerprint density at radius 2 is 2.47 bits per heavy atom. The average molecular weight is 209 g/mol. The van der Waals surface area contributed by atoms with Gasteiger partial charge in [0.2, 0.25) is 0 Å². The summed E-state index contributed by atoms with van der Waals surface area (Å²) in [7, 11) is 3.91. The molecule has 1 aliphatic heterocycles. The van der Waals surface area contributed by atoms with Crippen molar-refractivity contribution in [3.63, 3.8) is 0 Å². The summed E-state index contributed by atoms with van der Waals surface area (Å²) in [5.41, 5.74) is 1.07. The van der Waals surface area contributed by atoms with Gasteiger partial charge < -0.3 is 10.1 Å². The second-order valence-electron chi connectivity index (χ2n) is 4.28. The van der Waals surface area contributed by atoms with Gasteiger partial charge in [-0.2, -0.15) is 5.10 Å². The van der Waals surface area contributed by atoms with Gasteiger partial charge in [0, 0.05) is 19.9 Å². The largest absolute Gasteiger partial charge is 0.376 e. The van der Waals surface area contributed by atoms with Crippen molar-refractivity contribution in [2.45, 2.75) is 25.5 Å². The molecular formula is C11H19N3O. The Labute approximate surface area is 90.6 Å². The molecule has 0 aliphatic carbocycles. The molecule has 0 amide bonds. The zero-order valence-electron chi connectivity index (χ0n) is 9.60. The molecule has 0 aromatic carbocycles. The van der Waals surface area contributed by atoms with E-state index in [1.54, 1.807) is 0 Å². The Morgan fingerprint density at radius 3 is 2.93 bits per heavy atom. The maximum atomic E-state index is 5.77. The average Bonchev–Trinajstić information content (AvgIpc) is 2.79. The smallest absolute Gasteiger partial charge is 0.0820 e. The van der Waals surface area contributed by atoms with Crippen LogP contribution >= 0.6 is 0 Å². The van der Waals surface area contributed by atoms with Crippen LogP contribution in [0.15, 0.2) is 12.3 Å². The van der Waals surface area contributed by atoms with E-state index in [-0.39, 0.29) is 12.1 Å². The number of hydrogen-bond donors (Lipinski definition) is 1. The molecule has 15 heavy (non-hydrogen) atoms. The monoisotopic (exact) mass is 209 g/mol. The van der Waals surface area contributed by atoms with Crippen molar-refractivity contribution in [1.82, 2.24) is 15.1 Å². The lowest BCUT2D eigenvalue weighted by Crippen LogP contribution is -2.33. The number of rotatable bonds is 3. The molecule has 1 fully saturated rings. The standard InChI is InChI=1S/C11H19N3O/c1-8-5-7-15-11(8)10(12-2)9-4-6-14(3)13-9/h4,6,8,10-12H,5,7H2,1-3H3. The third kappa shape index (κ3) is 2.06. The molecule has 1 aromatic rings. The van der Waals surface area contributed by atoms with E-state index in [2.05, 4.69) is 23.4 Å². The van der Waals surface area contributed by atoms with Crippen LogP contribution in [0.5, 0.6) is 0 Å². The Morgan fingerprint density at radius 1 is 1.67 bits per heavy atom. The van der Waals surface area contributed by atoms with Gasteiger partial charge >= 0.3 is 0 Å². The van der Waals surface area contributed by atoms with Gasteiger partial charge in [0.25, 0.3) is 0 Å². The highest BCUT2D eigenvalue weighted by Gasteiger charge is 2.33. The van der Waals surface area contributed by atoms with E-state index in [9.17, 15) is 0 Å². The van der Waals surface area contributed by atoms with E-state index in [1.165, 1.54) is 0 Å². The zero-order chi connectivity index (χ0) is 10.8. The van der Waals surface area contributed by atoms with Crippen molar-refractivity contribution in [1.29, 1.82) is 0 Å². The maximum absolute atomic E-state index is 5.77. The molecule has 2 heterocycles. The van der Waals surface area contributed by atoms with Gasteiger partial charge in [0.05, 0.1) is 17.8 Å². The summed E-state index contributed by atoms with van der Waals surface area (Å²) < 4.78 is 7.60. The summed E-state index contributed by atoms with van der Waals surface area (Å²) in [6.45, 7) is 3.11. The topological polar surface area (TPSA) is 39.1 Å². The second-order valence-corrected chi connectivity index (χ2v) is 4.28. The molecule has 0 bridgehead atoms. The van der Waals surface area contributed by atoms with E-state index < -0.39 is 0 Å². The van der Waals surface area contributed by atoms with Gasteiger partial charge in [-0.05, 0) is 25.5 Å². The predicted molar refractivity (Wildman–Crippen MR) is 58.5 cm³/mol. The lowest BCUT2D eigenvalue weighted by atomic mass is 9.96. The second kappa shape index (κ2) is 4.33. The Hall–Kier alpha value is -0.870. The summed E-state index contributed by atoms with van der Waals surface area (Å²) in [5, 5.41) is 7.74. The predicted octanol–water partition coefficient (Wildman–Crippen LogP) is 1.11. The fraction of sp³-hybridized carbons (Fsp3) is 0.727. The molecule has 3 atom stereocenters. The van der Waals surface area contributed by atoms with Crippen LogP contribution in [0.25, 0.3) is 0 Å². The molecule has 4 nitrogen and oxygen atoms in total. The Kier molecular flexibility index (Phi) is 3.07. The van der Waals surface area contributed by atoms with Gasteiger partial charge in [0.1, 0.15) is 0 Å². The Bertz CT molecular complexity index is 323. The molecule has 0 radical (unpaired) electrons. The third-order valence-electron chi connectivity index (χ3n) is 3.14. The van der Waals surface area contributed by atoms with E-state index >= 15 is 0 Å². The molecule has 0 saturated carbocycles. The first-order chi connectivity index (χ1) is 7.22. The normalized spacial score (nSPS) is 28.2. The molecule has 0 spiro atoms. The van der Waals surface area contributed by atoms with Crippen molar-refractivity contribution in [2.24, 2.45) is 13.0 Å². The number of nitrogens with one attached hydrogen (secondary N) is 1. The van der Waals surface area contributed by atoms with Crippen LogP contribution in [0.4, 0.5) is 0 Å². The van der Waals surface area contributed by atoms with E-state index in [4.69, 9.17) is 4.74 Å². The minimum absolute atomic E-state index is 0.212. The lowest BCUT2D eigenvalue weighted by Gasteiger charge is -2.24. The van der Waals surface area contributed by atoms with Crippen molar-refractivity contribution in [3.05, 3.63) is 18.0 Å². The van der Waals surface area contributed by atoms with E-state index in [1.807, 2.05) is 25.0 Å². The number of hydrogen-bond acceptors (Lipinski definition) is 3. The molecule has 1 N–H and O–H groups in total.